The molecule has 0 spiro atoms. The third-order valence-electron chi connectivity index (χ3n) is 4.97. The van der Waals surface area contributed by atoms with E-state index >= 15 is 0 Å². The van der Waals surface area contributed by atoms with Gasteiger partial charge in [-0.15, -0.1) is 0 Å². The molecular weight excluding hydrogens is 358 g/mol. The number of rotatable bonds is 5. The standard InChI is InChI=1S/C22H23NO5/c1-28-18-13-17(20(22(26)27)19(24)14-18)8-7-15-9-11-23(12-10-15)21(25)16-5-3-2-4-6-16/h2-8,13-15,24H,9-12H2,1H3,(H,26,27)/b8-7+. The van der Waals surface area contributed by atoms with Gasteiger partial charge >= 0.3 is 5.97 Å². The van der Waals surface area contributed by atoms with Gasteiger partial charge in [0.25, 0.3) is 5.91 Å². The van der Waals surface area contributed by atoms with Crippen molar-refractivity contribution in [2.24, 2.45) is 5.92 Å². The smallest absolute Gasteiger partial charge is 0.340 e. The second kappa shape index (κ2) is 8.61. The van der Waals surface area contributed by atoms with Gasteiger partial charge in [0.15, 0.2) is 0 Å². The summed E-state index contributed by atoms with van der Waals surface area (Å²) in [6, 6.07) is 12.1. The molecule has 2 N–H and O–H groups in total. The summed E-state index contributed by atoms with van der Waals surface area (Å²) in [4.78, 5) is 25.8. The molecule has 0 aromatic heterocycles. The summed E-state index contributed by atoms with van der Waals surface area (Å²) in [5.41, 5.74) is 0.940. The molecule has 0 radical (unpaired) electrons. The number of phenols is 1. The van der Waals surface area contributed by atoms with Crippen molar-refractivity contribution < 1.29 is 24.5 Å². The Bertz CT molecular complexity index is 883. The van der Waals surface area contributed by atoms with Gasteiger partial charge in [-0.25, -0.2) is 4.79 Å². The highest BCUT2D eigenvalue weighted by molar-refractivity contribution is 5.95. The Morgan fingerprint density at radius 2 is 1.82 bits per heavy atom. The number of benzene rings is 2. The molecular formula is C22H23NO5. The summed E-state index contributed by atoms with van der Waals surface area (Å²) in [6.45, 7) is 1.30. The fourth-order valence-corrected chi connectivity index (χ4v) is 3.40. The van der Waals surface area contributed by atoms with Gasteiger partial charge in [0, 0.05) is 24.7 Å². The van der Waals surface area contributed by atoms with Gasteiger partial charge in [-0.1, -0.05) is 30.4 Å². The van der Waals surface area contributed by atoms with Crippen LogP contribution in [0.15, 0.2) is 48.5 Å². The van der Waals surface area contributed by atoms with Crippen LogP contribution in [0.5, 0.6) is 11.5 Å². The van der Waals surface area contributed by atoms with Crippen LogP contribution in [-0.4, -0.2) is 47.2 Å². The van der Waals surface area contributed by atoms with E-state index in [2.05, 4.69) is 0 Å². The van der Waals surface area contributed by atoms with E-state index in [1.165, 1.54) is 13.2 Å². The van der Waals surface area contributed by atoms with Crippen molar-refractivity contribution in [3.8, 4) is 11.5 Å². The van der Waals surface area contributed by atoms with Crippen molar-refractivity contribution in [2.75, 3.05) is 20.2 Å². The number of amides is 1. The number of carboxylic acid groups (broad SMARTS) is 1. The number of aromatic hydroxyl groups is 1. The number of piperidine rings is 1. The van der Waals surface area contributed by atoms with Gasteiger partial charge in [-0.3, -0.25) is 4.79 Å². The second-order valence-electron chi connectivity index (χ2n) is 6.77. The Hall–Kier alpha value is -3.28. The molecule has 2 aromatic rings. The average Bonchev–Trinajstić information content (AvgIpc) is 2.72. The maximum absolute atomic E-state index is 12.5. The third kappa shape index (κ3) is 4.34. The summed E-state index contributed by atoms with van der Waals surface area (Å²) in [5.74, 6) is -0.855. The van der Waals surface area contributed by atoms with Crippen molar-refractivity contribution in [1.82, 2.24) is 4.90 Å². The van der Waals surface area contributed by atoms with Gasteiger partial charge in [-0.05, 0) is 42.5 Å². The highest BCUT2D eigenvalue weighted by Gasteiger charge is 2.22. The van der Waals surface area contributed by atoms with Crippen LogP contribution < -0.4 is 4.74 Å². The number of hydrogen-bond donors (Lipinski definition) is 2. The summed E-state index contributed by atoms with van der Waals surface area (Å²) >= 11 is 0. The number of carbonyl (C=O) groups excluding carboxylic acids is 1. The van der Waals surface area contributed by atoms with Crippen LogP contribution in [0.4, 0.5) is 0 Å². The Morgan fingerprint density at radius 1 is 1.14 bits per heavy atom. The number of methoxy groups -OCH3 is 1. The van der Waals surface area contributed by atoms with E-state index in [0.717, 1.165) is 12.8 Å². The Kier molecular flexibility index (Phi) is 5.99. The quantitative estimate of drug-likeness (QED) is 0.825. The lowest BCUT2D eigenvalue weighted by Gasteiger charge is -2.30. The SMILES string of the molecule is COc1cc(O)c(C(=O)O)c(/C=C/C2CCN(C(=O)c3ccccc3)CC2)c1. The molecule has 0 atom stereocenters. The molecule has 0 aliphatic carbocycles. The van der Waals surface area contributed by atoms with Crippen molar-refractivity contribution in [2.45, 2.75) is 12.8 Å². The van der Waals surface area contributed by atoms with Crippen molar-refractivity contribution >= 4 is 18.0 Å². The van der Waals surface area contributed by atoms with Gasteiger partial charge < -0.3 is 19.8 Å². The minimum absolute atomic E-state index is 0.0360. The number of carboxylic acids is 1. The van der Waals surface area contributed by atoms with Gasteiger partial charge in [0.1, 0.15) is 17.1 Å². The Balaban J connectivity index is 1.68. The van der Waals surface area contributed by atoms with Crippen LogP contribution in [0.1, 0.15) is 39.1 Å². The normalized spacial score (nSPS) is 15.0. The van der Waals surface area contributed by atoms with Crippen LogP contribution >= 0.6 is 0 Å². The minimum atomic E-state index is -1.19. The summed E-state index contributed by atoms with van der Waals surface area (Å²) < 4.78 is 5.11. The first-order chi connectivity index (χ1) is 13.5. The molecule has 146 valence electrons. The molecule has 2 aromatic carbocycles. The van der Waals surface area contributed by atoms with Gasteiger partial charge in [0.2, 0.25) is 0 Å². The summed E-state index contributed by atoms with van der Waals surface area (Å²) in [5, 5.41) is 19.3. The Morgan fingerprint density at radius 3 is 2.43 bits per heavy atom. The lowest BCUT2D eigenvalue weighted by molar-refractivity contribution is 0.0687. The molecule has 28 heavy (non-hydrogen) atoms. The van der Waals surface area contributed by atoms with E-state index in [9.17, 15) is 19.8 Å². The molecule has 6 nitrogen and oxygen atoms in total. The second-order valence-corrected chi connectivity index (χ2v) is 6.77. The highest BCUT2D eigenvalue weighted by atomic mass is 16.5. The first kappa shape index (κ1) is 19.5. The fourth-order valence-electron chi connectivity index (χ4n) is 3.40. The molecule has 1 saturated heterocycles. The van der Waals surface area contributed by atoms with E-state index in [4.69, 9.17) is 4.74 Å². The first-order valence-electron chi connectivity index (χ1n) is 9.16. The number of allylic oxidation sites excluding steroid dienone is 1. The van der Waals surface area contributed by atoms with E-state index in [-0.39, 0.29) is 23.1 Å². The molecule has 1 aliphatic heterocycles. The molecule has 0 saturated carbocycles. The lowest BCUT2D eigenvalue weighted by Crippen LogP contribution is -2.38. The number of carbonyl (C=O) groups is 2. The fraction of sp³-hybridized carbons (Fsp3) is 0.273. The van der Waals surface area contributed by atoms with Gasteiger partial charge in [0.05, 0.1) is 7.11 Å². The van der Waals surface area contributed by atoms with Crippen molar-refractivity contribution in [3.05, 3.63) is 65.2 Å². The number of nitrogens with zero attached hydrogens (tertiary/aromatic N) is 1. The largest absolute Gasteiger partial charge is 0.507 e. The van der Waals surface area contributed by atoms with Crippen molar-refractivity contribution in [3.63, 3.8) is 0 Å². The van der Waals surface area contributed by atoms with E-state index in [1.807, 2.05) is 41.3 Å². The third-order valence-corrected chi connectivity index (χ3v) is 4.97. The zero-order chi connectivity index (χ0) is 20.1. The predicted molar refractivity (Wildman–Crippen MR) is 106 cm³/mol. The first-order valence-corrected chi connectivity index (χ1v) is 9.16. The van der Waals surface area contributed by atoms with Gasteiger partial charge in [-0.2, -0.15) is 0 Å². The molecule has 3 rings (SSSR count). The van der Waals surface area contributed by atoms with Crippen LogP contribution in [0, 0.1) is 5.92 Å². The number of aromatic carboxylic acids is 1. The predicted octanol–water partition coefficient (Wildman–Crippen LogP) is 3.66. The molecule has 1 heterocycles. The van der Waals surface area contributed by atoms with Crippen LogP contribution in [-0.2, 0) is 0 Å². The molecule has 0 bridgehead atoms. The highest BCUT2D eigenvalue weighted by Crippen LogP contribution is 2.30. The maximum Gasteiger partial charge on any atom is 0.340 e. The zero-order valence-corrected chi connectivity index (χ0v) is 15.7. The maximum atomic E-state index is 12.5. The average molecular weight is 381 g/mol. The van der Waals surface area contributed by atoms with E-state index in [1.54, 1.807) is 12.1 Å². The van der Waals surface area contributed by atoms with Crippen LogP contribution in [0.25, 0.3) is 6.08 Å². The molecule has 0 unspecified atom stereocenters. The molecule has 1 amide bonds. The summed E-state index contributed by atoms with van der Waals surface area (Å²) in [7, 11) is 1.46. The molecule has 6 heteroatoms. The lowest BCUT2D eigenvalue weighted by atomic mass is 9.94. The van der Waals surface area contributed by atoms with E-state index < -0.39 is 5.97 Å². The van der Waals surface area contributed by atoms with Crippen molar-refractivity contribution in [1.29, 1.82) is 0 Å². The summed E-state index contributed by atoms with van der Waals surface area (Å²) in [6.07, 6.45) is 5.26. The van der Waals surface area contributed by atoms with Crippen LogP contribution in [0.2, 0.25) is 0 Å². The monoisotopic (exact) mass is 381 g/mol. The number of hydrogen-bond acceptors (Lipinski definition) is 4. The van der Waals surface area contributed by atoms with E-state index in [0.29, 0.717) is 30.0 Å². The Labute approximate surface area is 163 Å². The zero-order valence-electron chi connectivity index (χ0n) is 15.7. The molecule has 1 fully saturated rings. The van der Waals surface area contributed by atoms with Crippen LogP contribution in [0.3, 0.4) is 0 Å². The number of likely N-dealkylation sites (tertiary alicyclic amines) is 1. The topological polar surface area (TPSA) is 87.1 Å². The number of ether oxygens (including phenoxy) is 1. The minimum Gasteiger partial charge on any atom is -0.507 e. The molecule has 1 aliphatic rings.